The van der Waals surface area contributed by atoms with Gasteiger partial charge in [-0.2, -0.15) is 0 Å². The van der Waals surface area contributed by atoms with Gasteiger partial charge >= 0.3 is 0 Å². The van der Waals surface area contributed by atoms with E-state index in [1.165, 1.54) is 14.0 Å². The minimum absolute atomic E-state index is 0.240. The fourth-order valence-electron chi connectivity index (χ4n) is 3.00. The Labute approximate surface area is 189 Å². The van der Waals surface area contributed by atoms with Crippen molar-refractivity contribution in [2.24, 2.45) is 0 Å². The molecule has 2 rings (SSSR count). The van der Waals surface area contributed by atoms with E-state index in [9.17, 15) is 18.0 Å². The highest BCUT2D eigenvalue weighted by atomic mass is 32.2. The molecule has 174 valence electrons. The number of hydrogen-bond donors (Lipinski definition) is 2. The van der Waals surface area contributed by atoms with Crippen LogP contribution in [0, 0.1) is 0 Å². The number of ether oxygens (including phenoxy) is 2. The molecule has 2 N–H and O–H groups in total. The second kappa shape index (κ2) is 11.5. The summed E-state index contributed by atoms with van der Waals surface area (Å²) >= 11 is 0. The van der Waals surface area contributed by atoms with Crippen molar-refractivity contribution < 1.29 is 27.5 Å². The number of benzene rings is 2. The molecule has 0 radical (unpaired) electrons. The van der Waals surface area contributed by atoms with Crippen LogP contribution in [0.15, 0.2) is 42.5 Å². The summed E-state index contributed by atoms with van der Waals surface area (Å²) in [5.41, 5.74) is 2.51. The lowest BCUT2D eigenvalue weighted by Crippen LogP contribution is -2.41. The van der Waals surface area contributed by atoms with Crippen molar-refractivity contribution in [3.8, 4) is 11.5 Å². The maximum absolute atomic E-state index is 12.5. The molecule has 0 saturated heterocycles. The molecule has 8 nitrogen and oxygen atoms in total. The third kappa shape index (κ3) is 6.98. The van der Waals surface area contributed by atoms with E-state index in [2.05, 4.69) is 10.6 Å². The van der Waals surface area contributed by atoms with Crippen molar-refractivity contribution in [1.82, 2.24) is 5.32 Å². The van der Waals surface area contributed by atoms with E-state index in [0.29, 0.717) is 23.6 Å². The number of hydrogen-bond acceptors (Lipinski definition) is 6. The van der Waals surface area contributed by atoms with E-state index in [1.54, 1.807) is 31.4 Å². The van der Waals surface area contributed by atoms with Crippen molar-refractivity contribution in [2.45, 2.75) is 31.9 Å². The van der Waals surface area contributed by atoms with Gasteiger partial charge in [-0.3, -0.25) is 9.59 Å². The zero-order valence-corrected chi connectivity index (χ0v) is 19.6. The normalized spacial score (nSPS) is 12.0. The molecular formula is C23H30N2O6S. The SMILES string of the molecule is CCc1ccc(NC(=O)CS(=O)(=O)C(C)C(=O)NCCc2ccc(OC)c(OC)c2)cc1. The second-order valence-corrected chi connectivity index (χ2v) is 9.60. The van der Waals surface area contributed by atoms with Gasteiger partial charge < -0.3 is 20.1 Å². The Bertz CT molecular complexity index is 1030. The van der Waals surface area contributed by atoms with E-state index in [4.69, 9.17) is 9.47 Å². The molecule has 2 aromatic rings. The fourth-order valence-corrected chi connectivity index (χ4v) is 4.10. The smallest absolute Gasteiger partial charge is 0.239 e. The van der Waals surface area contributed by atoms with E-state index in [0.717, 1.165) is 17.5 Å². The molecule has 0 heterocycles. The van der Waals surface area contributed by atoms with Crippen LogP contribution in [0.1, 0.15) is 25.0 Å². The van der Waals surface area contributed by atoms with Crippen LogP contribution < -0.4 is 20.1 Å². The van der Waals surface area contributed by atoms with E-state index in [1.807, 2.05) is 25.1 Å². The average molecular weight is 463 g/mol. The summed E-state index contributed by atoms with van der Waals surface area (Å²) in [5, 5.41) is 3.83. The quantitative estimate of drug-likeness (QED) is 0.530. The third-order valence-electron chi connectivity index (χ3n) is 5.05. The van der Waals surface area contributed by atoms with Gasteiger partial charge in [0, 0.05) is 12.2 Å². The monoisotopic (exact) mass is 462 g/mol. The predicted octanol–water partition coefficient (Wildman–Crippen LogP) is 2.37. The molecule has 0 aliphatic rings. The number of sulfone groups is 1. The first-order valence-corrected chi connectivity index (χ1v) is 12.0. The largest absolute Gasteiger partial charge is 0.493 e. The summed E-state index contributed by atoms with van der Waals surface area (Å²) < 4.78 is 35.5. The molecule has 0 aliphatic heterocycles. The number of rotatable bonds is 11. The summed E-state index contributed by atoms with van der Waals surface area (Å²) in [6.07, 6.45) is 1.34. The molecule has 0 spiro atoms. The highest BCUT2D eigenvalue weighted by molar-refractivity contribution is 7.93. The van der Waals surface area contributed by atoms with Crippen molar-refractivity contribution in [2.75, 3.05) is 31.8 Å². The first-order chi connectivity index (χ1) is 15.2. The molecule has 9 heteroatoms. The number of methoxy groups -OCH3 is 2. The number of aryl methyl sites for hydroxylation is 1. The molecule has 1 atom stereocenters. The van der Waals surface area contributed by atoms with Gasteiger partial charge in [0.25, 0.3) is 0 Å². The maximum atomic E-state index is 12.5. The second-order valence-electron chi connectivity index (χ2n) is 7.28. The summed E-state index contributed by atoms with van der Waals surface area (Å²) in [6, 6.07) is 12.5. The highest BCUT2D eigenvalue weighted by Gasteiger charge is 2.30. The van der Waals surface area contributed by atoms with E-state index < -0.39 is 32.7 Å². The van der Waals surface area contributed by atoms with Crippen molar-refractivity contribution >= 4 is 27.3 Å². The Balaban J connectivity index is 1.87. The van der Waals surface area contributed by atoms with Gasteiger partial charge in [-0.15, -0.1) is 0 Å². The van der Waals surface area contributed by atoms with Crippen LogP contribution in [0.5, 0.6) is 11.5 Å². The summed E-state index contributed by atoms with van der Waals surface area (Å²) in [6.45, 7) is 3.54. The maximum Gasteiger partial charge on any atom is 0.239 e. The van der Waals surface area contributed by atoms with Crippen LogP contribution in [-0.4, -0.2) is 52.0 Å². The summed E-state index contributed by atoms with van der Waals surface area (Å²) in [4.78, 5) is 24.5. The Morgan fingerprint density at radius 1 is 0.969 bits per heavy atom. The number of amides is 2. The Kier molecular flexibility index (Phi) is 9.07. The Morgan fingerprint density at radius 2 is 1.59 bits per heavy atom. The zero-order chi connectivity index (χ0) is 23.7. The highest BCUT2D eigenvalue weighted by Crippen LogP contribution is 2.27. The van der Waals surface area contributed by atoms with Gasteiger partial charge in [0.2, 0.25) is 11.8 Å². The number of anilines is 1. The lowest BCUT2D eigenvalue weighted by molar-refractivity contribution is -0.120. The minimum Gasteiger partial charge on any atom is -0.493 e. The fraction of sp³-hybridized carbons (Fsp3) is 0.391. The van der Waals surface area contributed by atoms with E-state index in [-0.39, 0.29) is 6.54 Å². The molecule has 0 aliphatic carbocycles. The van der Waals surface area contributed by atoms with Gasteiger partial charge in [-0.1, -0.05) is 25.1 Å². The van der Waals surface area contributed by atoms with Crippen LogP contribution >= 0.6 is 0 Å². The number of nitrogens with one attached hydrogen (secondary N) is 2. The van der Waals surface area contributed by atoms with Crippen molar-refractivity contribution in [3.05, 3.63) is 53.6 Å². The summed E-state index contributed by atoms with van der Waals surface area (Å²) in [5.74, 6) is -0.931. The lowest BCUT2D eigenvalue weighted by Gasteiger charge is -2.14. The first-order valence-electron chi connectivity index (χ1n) is 10.3. The average Bonchev–Trinajstić information content (AvgIpc) is 2.78. The number of carbonyl (C=O) groups is 2. The zero-order valence-electron chi connectivity index (χ0n) is 18.8. The van der Waals surface area contributed by atoms with Crippen molar-refractivity contribution in [1.29, 1.82) is 0 Å². The lowest BCUT2D eigenvalue weighted by atomic mass is 10.1. The molecular weight excluding hydrogens is 432 g/mol. The van der Waals surface area contributed by atoms with E-state index >= 15 is 0 Å². The van der Waals surface area contributed by atoms with Gasteiger partial charge in [0.15, 0.2) is 21.3 Å². The Morgan fingerprint density at radius 3 is 2.19 bits per heavy atom. The summed E-state index contributed by atoms with van der Waals surface area (Å²) in [7, 11) is -0.889. The molecule has 0 fully saturated rings. The third-order valence-corrected chi connectivity index (χ3v) is 7.00. The predicted molar refractivity (Wildman–Crippen MR) is 124 cm³/mol. The van der Waals surface area contributed by atoms with Gasteiger partial charge in [0.05, 0.1) is 14.2 Å². The molecule has 32 heavy (non-hydrogen) atoms. The molecule has 2 aromatic carbocycles. The van der Waals surface area contributed by atoms with Crippen molar-refractivity contribution in [3.63, 3.8) is 0 Å². The minimum atomic E-state index is -3.97. The standard InChI is InChI=1S/C23H30N2O6S/c1-5-17-6-9-19(10-7-17)25-22(26)15-32(28,29)16(2)23(27)24-13-12-18-8-11-20(30-3)21(14-18)31-4/h6-11,14,16H,5,12-13,15H2,1-4H3,(H,24,27)(H,25,26). The van der Waals surface area contributed by atoms with Crippen LogP contribution in [-0.2, 0) is 32.3 Å². The topological polar surface area (TPSA) is 111 Å². The molecule has 0 aromatic heterocycles. The molecule has 0 saturated carbocycles. The Hall–Kier alpha value is -3.07. The number of carbonyl (C=O) groups excluding carboxylic acids is 2. The van der Waals surface area contributed by atoms with Crippen LogP contribution in [0.2, 0.25) is 0 Å². The van der Waals surface area contributed by atoms with Gasteiger partial charge in [0.1, 0.15) is 11.0 Å². The first kappa shape index (κ1) is 25.2. The molecule has 1 unspecified atom stereocenters. The van der Waals surface area contributed by atoms with Crippen LogP contribution in [0.3, 0.4) is 0 Å². The van der Waals surface area contributed by atoms with Crippen LogP contribution in [0.4, 0.5) is 5.69 Å². The molecule has 2 amide bonds. The van der Waals surface area contributed by atoms with Gasteiger partial charge in [-0.25, -0.2) is 8.42 Å². The van der Waals surface area contributed by atoms with Gasteiger partial charge in [-0.05, 0) is 55.2 Å². The molecule has 0 bridgehead atoms. The van der Waals surface area contributed by atoms with Crippen LogP contribution in [0.25, 0.3) is 0 Å².